The van der Waals surface area contributed by atoms with Crippen LogP contribution >= 0.6 is 0 Å². The number of carbonyl (C=O) groups is 2. The Morgan fingerprint density at radius 3 is 2.11 bits per heavy atom. The van der Waals surface area contributed by atoms with Crippen LogP contribution in [-0.4, -0.2) is 102 Å². The first-order valence-electron chi connectivity index (χ1n) is 10.7. The van der Waals surface area contributed by atoms with Crippen LogP contribution in [0.5, 0.6) is 0 Å². The van der Waals surface area contributed by atoms with E-state index >= 15 is 0 Å². The van der Waals surface area contributed by atoms with Gasteiger partial charge in [-0.2, -0.15) is 0 Å². The van der Waals surface area contributed by atoms with Gasteiger partial charge in [0, 0.05) is 70.4 Å². The number of carbonyl (C=O) groups excluding carboxylic acids is 2. The molecular weight excluding hydrogens is 342 g/mol. The predicted octanol–water partition coefficient (Wildman–Crippen LogP) is 1.20. The van der Waals surface area contributed by atoms with Gasteiger partial charge in [-0.25, -0.2) is 4.79 Å². The fourth-order valence-electron chi connectivity index (χ4n) is 4.65. The van der Waals surface area contributed by atoms with Gasteiger partial charge in [-0.05, 0) is 40.5 Å². The molecule has 3 fully saturated rings. The number of hydrogen-bond donors (Lipinski definition) is 1. The minimum Gasteiger partial charge on any atom is -0.338 e. The Kier molecular flexibility index (Phi) is 6.63. The van der Waals surface area contributed by atoms with Crippen LogP contribution in [0.4, 0.5) is 4.79 Å². The van der Waals surface area contributed by atoms with E-state index in [1.54, 1.807) is 0 Å². The summed E-state index contributed by atoms with van der Waals surface area (Å²) < 4.78 is 0. The summed E-state index contributed by atoms with van der Waals surface area (Å²) in [5.41, 5.74) is 0. The van der Waals surface area contributed by atoms with Gasteiger partial charge in [0.25, 0.3) is 0 Å². The zero-order chi connectivity index (χ0) is 19.6. The van der Waals surface area contributed by atoms with Crippen LogP contribution in [0.15, 0.2) is 0 Å². The lowest BCUT2D eigenvalue weighted by molar-refractivity contribution is -0.129. The summed E-state index contributed by atoms with van der Waals surface area (Å²) in [6, 6.07) is 1.39. The molecule has 154 valence electrons. The number of urea groups is 1. The van der Waals surface area contributed by atoms with Crippen molar-refractivity contribution >= 4 is 11.9 Å². The number of piperidine rings is 1. The Morgan fingerprint density at radius 2 is 1.59 bits per heavy atom. The van der Waals surface area contributed by atoms with Crippen molar-refractivity contribution in [3.05, 3.63) is 0 Å². The van der Waals surface area contributed by atoms with Crippen molar-refractivity contribution in [1.82, 2.24) is 24.9 Å². The second-order valence-electron chi connectivity index (χ2n) is 8.87. The highest BCUT2D eigenvalue weighted by Gasteiger charge is 2.34. The molecule has 1 N–H and O–H groups in total. The standard InChI is InChI=1S/C20H37N5O2/c1-15(2)22-9-11-23(12-10-22)18-5-7-24(8-6-18)20(27)21-17-13-19(26)25(14-17)16(3)4/h15-18H,5-14H2,1-4H3,(H,21,27). The molecule has 27 heavy (non-hydrogen) atoms. The zero-order valence-corrected chi connectivity index (χ0v) is 17.5. The van der Waals surface area contributed by atoms with Crippen molar-refractivity contribution in [3.63, 3.8) is 0 Å². The number of nitrogens with zero attached hydrogens (tertiary/aromatic N) is 4. The lowest BCUT2D eigenvalue weighted by Gasteiger charge is -2.43. The minimum atomic E-state index is -0.0470. The number of likely N-dealkylation sites (tertiary alicyclic amines) is 2. The van der Waals surface area contributed by atoms with E-state index in [2.05, 4.69) is 29.0 Å². The quantitative estimate of drug-likeness (QED) is 0.797. The van der Waals surface area contributed by atoms with Gasteiger partial charge in [0.1, 0.15) is 0 Å². The van der Waals surface area contributed by atoms with Crippen LogP contribution in [0.2, 0.25) is 0 Å². The minimum absolute atomic E-state index is 0.00137. The number of amides is 3. The lowest BCUT2D eigenvalue weighted by Crippen LogP contribution is -2.56. The average Bonchev–Trinajstić information content (AvgIpc) is 3.02. The summed E-state index contributed by atoms with van der Waals surface area (Å²) in [5, 5.41) is 3.08. The lowest BCUT2D eigenvalue weighted by atomic mass is 10.0. The van der Waals surface area contributed by atoms with E-state index < -0.39 is 0 Å². The molecule has 0 bridgehead atoms. The molecule has 0 spiro atoms. The van der Waals surface area contributed by atoms with Crippen LogP contribution in [0, 0.1) is 0 Å². The van der Waals surface area contributed by atoms with Gasteiger partial charge < -0.3 is 15.1 Å². The number of nitrogens with one attached hydrogen (secondary N) is 1. The second-order valence-corrected chi connectivity index (χ2v) is 8.87. The van der Waals surface area contributed by atoms with Gasteiger partial charge >= 0.3 is 6.03 Å². The molecule has 3 heterocycles. The third kappa shape index (κ3) is 4.93. The maximum atomic E-state index is 12.6. The highest BCUT2D eigenvalue weighted by atomic mass is 16.2. The second kappa shape index (κ2) is 8.78. The van der Waals surface area contributed by atoms with E-state index in [1.807, 2.05) is 23.6 Å². The Hall–Kier alpha value is -1.34. The van der Waals surface area contributed by atoms with E-state index in [4.69, 9.17) is 0 Å². The van der Waals surface area contributed by atoms with E-state index in [-0.39, 0.29) is 24.0 Å². The van der Waals surface area contributed by atoms with Gasteiger partial charge in [-0.15, -0.1) is 0 Å². The molecule has 0 radical (unpaired) electrons. The maximum Gasteiger partial charge on any atom is 0.317 e. The van der Waals surface area contributed by atoms with Crippen molar-refractivity contribution in [2.24, 2.45) is 0 Å². The summed E-state index contributed by atoms with van der Waals surface area (Å²) in [6.07, 6.45) is 2.54. The summed E-state index contributed by atoms with van der Waals surface area (Å²) in [4.78, 5) is 33.6. The molecule has 7 heteroatoms. The topological polar surface area (TPSA) is 59.1 Å². The van der Waals surface area contributed by atoms with Gasteiger partial charge in [-0.3, -0.25) is 14.6 Å². The number of piperazine rings is 1. The third-order valence-corrected chi connectivity index (χ3v) is 6.46. The van der Waals surface area contributed by atoms with Gasteiger partial charge in [0.15, 0.2) is 0 Å². The summed E-state index contributed by atoms with van der Waals surface area (Å²) >= 11 is 0. The molecule has 3 aliphatic heterocycles. The van der Waals surface area contributed by atoms with Crippen LogP contribution in [0.3, 0.4) is 0 Å². The zero-order valence-electron chi connectivity index (χ0n) is 17.5. The van der Waals surface area contributed by atoms with E-state index in [1.165, 1.54) is 0 Å². The Labute approximate surface area is 164 Å². The smallest absolute Gasteiger partial charge is 0.317 e. The van der Waals surface area contributed by atoms with Crippen molar-refractivity contribution in [1.29, 1.82) is 0 Å². The molecule has 0 aromatic carbocycles. The Morgan fingerprint density at radius 1 is 0.963 bits per heavy atom. The monoisotopic (exact) mass is 379 g/mol. The van der Waals surface area contributed by atoms with Crippen molar-refractivity contribution in [3.8, 4) is 0 Å². The van der Waals surface area contributed by atoms with E-state index in [9.17, 15) is 9.59 Å². The van der Waals surface area contributed by atoms with Crippen LogP contribution in [0.1, 0.15) is 47.0 Å². The van der Waals surface area contributed by atoms with Crippen molar-refractivity contribution in [2.45, 2.75) is 71.1 Å². The number of hydrogen-bond acceptors (Lipinski definition) is 4. The first-order valence-corrected chi connectivity index (χ1v) is 10.7. The summed E-state index contributed by atoms with van der Waals surface area (Å²) in [5.74, 6) is 0.148. The first-order chi connectivity index (χ1) is 12.8. The molecule has 3 amide bonds. The molecular formula is C20H37N5O2. The predicted molar refractivity (Wildman–Crippen MR) is 107 cm³/mol. The molecule has 3 saturated heterocycles. The normalized spacial score (nSPS) is 26.4. The maximum absolute atomic E-state index is 12.6. The molecule has 0 aromatic heterocycles. The summed E-state index contributed by atoms with van der Waals surface area (Å²) in [7, 11) is 0. The average molecular weight is 380 g/mol. The van der Waals surface area contributed by atoms with Gasteiger partial charge in [0.05, 0.1) is 6.04 Å². The highest BCUT2D eigenvalue weighted by Crippen LogP contribution is 2.20. The molecule has 0 saturated carbocycles. The number of rotatable bonds is 4. The van der Waals surface area contributed by atoms with E-state index in [0.29, 0.717) is 25.0 Å². The fraction of sp³-hybridized carbons (Fsp3) is 0.900. The van der Waals surface area contributed by atoms with Crippen LogP contribution in [-0.2, 0) is 4.79 Å². The third-order valence-electron chi connectivity index (χ3n) is 6.46. The van der Waals surface area contributed by atoms with Crippen LogP contribution in [0.25, 0.3) is 0 Å². The molecule has 0 aliphatic carbocycles. The Bertz CT molecular complexity index is 522. The molecule has 1 atom stereocenters. The fourth-order valence-corrected chi connectivity index (χ4v) is 4.65. The first kappa shape index (κ1) is 20.4. The molecule has 7 nitrogen and oxygen atoms in total. The van der Waals surface area contributed by atoms with Gasteiger partial charge in [0.2, 0.25) is 5.91 Å². The summed E-state index contributed by atoms with van der Waals surface area (Å²) in [6.45, 7) is 15.4. The van der Waals surface area contributed by atoms with Gasteiger partial charge in [-0.1, -0.05) is 0 Å². The van der Waals surface area contributed by atoms with Crippen molar-refractivity contribution < 1.29 is 9.59 Å². The van der Waals surface area contributed by atoms with Crippen molar-refractivity contribution in [2.75, 3.05) is 45.8 Å². The Balaban J connectivity index is 1.40. The van der Waals surface area contributed by atoms with Crippen LogP contribution < -0.4 is 5.32 Å². The SMILES string of the molecule is CC(C)N1CCN(C2CCN(C(=O)NC3CC(=O)N(C(C)C)C3)CC2)CC1. The molecule has 0 aromatic rings. The molecule has 3 rings (SSSR count). The highest BCUT2D eigenvalue weighted by molar-refractivity contribution is 5.82. The molecule has 3 aliphatic rings. The van der Waals surface area contributed by atoms with E-state index in [0.717, 1.165) is 52.1 Å². The largest absolute Gasteiger partial charge is 0.338 e. The molecule has 1 unspecified atom stereocenters.